The van der Waals surface area contributed by atoms with E-state index in [1.165, 1.54) is 0 Å². The molecule has 0 aliphatic carbocycles. The van der Waals surface area contributed by atoms with E-state index in [0.717, 1.165) is 110 Å². The van der Waals surface area contributed by atoms with Gasteiger partial charge in [0.15, 0.2) is 0 Å². The Balaban J connectivity index is 1.11. The molecule has 8 aromatic carbocycles. The van der Waals surface area contributed by atoms with Gasteiger partial charge >= 0.3 is 0 Å². The van der Waals surface area contributed by atoms with Crippen molar-refractivity contribution in [1.82, 2.24) is 9.13 Å². The fraction of sp³-hybridized carbons (Fsp3) is 0. The lowest BCUT2D eigenvalue weighted by Gasteiger charge is -2.14. The minimum Gasteiger partial charge on any atom is -0.456 e. The summed E-state index contributed by atoms with van der Waals surface area (Å²) in [6, 6.07) is 58.2. The Labute approximate surface area is 318 Å². The Hall–Kier alpha value is -8.06. The largest absolute Gasteiger partial charge is 0.456 e. The van der Waals surface area contributed by atoms with Gasteiger partial charge < -0.3 is 18.0 Å². The van der Waals surface area contributed by atoms with Crippen LogP contribution in [-0.4, -0.2) is 9.13 Å². The summed E-state index contributed by atoms with van der Waals surface area (Å²) in [5.41, 5.74) is 11.9. The molecule has 0 fully saturated rings. The first-order valence-corrected chi connectivity index (χ1v) is 18.5. The molecule has 4 aromatic heterocycles. The van der Waals surface area contributed by atoms with Crippen LogP contribution in [0, 0.1) is 22.7 Å². The van der Waals surface area contributed by atoms with Crippen LogP contribution in [0.2, 0.25) is 0 Å². The number of furan rings is 2. The molecule has 0 unspecified atom stereocenters. The van der Waals surface area contributed by atoms with Gasteiger partial charge in [-0.15, -0.1) is 0 Å². The third-order valence-corrected chi connectivity index (χ3v) is 11.3. The smallest absolute Gasteiger partial charge is 0.136 e. The van der Waals surface area contributed by atoms with Gasteiger partial charge in [-0.3, -0.25) is 0 Å². The second kappa shape index (κ2) is 11.2. The summed E-state index contributed by atoms with van der Waals surface area (Å²) >= 11 is 0. The number of hydrogen-bond acceptors (Lipinski definition) is 4. The van der Waals surface area contributed by atoms with Gasteiger partial charge in [0.2, 0.25) is 0 Å². The zero-order valence-corrected chi connectivity index (χ0v) is 29.6. The monoisotopic (exact) mass is 714 g/mol. The maximum Gasteiger partial charge on any atom is 0.136 e. The van der Waals surface area contributed by atoms with Crippen LogP contribution in [0.15, 0.2) is 167 Å². The third-order valence-electron chi connectivity index (χ3n) is 11.3. The third kappa shape index (κ3) is 4.13. The van der Waals surface area contributed by atoms with E-state index in [1.54, 1.807) is 0 Å². The van der Waals surface area contributed by atoms with Gasteiger partial charge in [0, 0.05) is 54.5 Å². The molecule has 0 radical (unpaired) electrons. The Morgan fingerprint density at radius 3 is 1.21 bits per heavy atom. The van der Waals surface area contributed by atoms with E-state index in [-0.39, 0.29) is 0 Å². The normalized spacial score (nSPS) is 11.9. The molecule has 0 aliphatic heterocycles. The summed E-state index contributed by atoms with van der Waals surface area (Å²) in [6.07, 6.45) is 0. The number of aromatic nitrogens is 2. The van der Waals surface area contributed by atoms with Crippen molar-refractivity contribution < 1.29 is 8.83 Å². The molecule has 6 heteroatoms. The van der Waals surface area contributed by atoms with Crippen LogP contribution < -0.4 is 0 Å². The van der Waals surface area contributed by atoms with Crippen molar-refractivity contribution in [2.75, 3.05) is 0 Å². The maximum absolute atomic E-state index is 10.4. The summed E-state index contributed by atoms with van der Waals surface area (Å²) in [7, 11) is 0. The molecule has 0 aliphatic rings. The van der Waals surface area contributed by atoms with E-state index in [0.29, 0.717) is 11.1 Å². The number of nitriles is 2. The van der Waals surface area contributed by atoms with Crippen LogP contribution in [0.1, 0.15) is 11.1 Å². The van der Waals surface area contributed by atoms with Crippen LogP contribution in [0.5, 0.6) is 0 Å². The SMILES string of the molecule is N#Cc1cc(-c2cc(C#N)cc(-n3c4ccccc4c4c5c(ccc43)oc3ccccc35)c2)cc(-n2c3ccccc3c3c4c(ccc32)oc2ccccc24)c1. The highest BCUT2D eigenvalue weighted by atomic mass is 16.3. The molecular weight excluding hydrogens is 689 g/mol. The van der Waals surface area contributed by atoms with Gasteiger partial charge in [-0.2, -0.15) is 10.5 Å². The predicted octanol–water partition coefficient (Wildman–Crippen LogP) is 13.1. The molecule has 12 rings (SSSR count). The van der Waals surface area contributed by atoms with E-state index in [4.69, 9.17) is 8.83 Å². The van der Waals surface area contributed by atoms with E-state index in [1.807, 2.05) is 84.9 Å². The predicted molar refractivity (Wildman–Crippen MR) is 225 cm³/mol. The first-order chi connectivity index (χ1) is 27.7. The van der Waals surface area contributed by atoms with Gasteiger partial charge in [0.05, 0.1) is 45.3 Å². The van der Waals surface area contributed by atoms with E-state index in [2.05, 4.69) is 94.1 Å². The van der Waals surface area contributed by atoms with Crippen LogP contribution in [0.25, 0.3) is 110 Å². The molecule has 0 bridgehead atoms. The Kier molecular flexibility index (Phi) is 6.10. The average Bonchev–Trinajstić information content (AvgIpc) is 4.00. The first kappa shape index (κ1) is 30.4. The quantitative estimate of drug-likeness (QED) is 0.182. The van der Waals surface area contributed by atoms with E-state index < -0.39 is 0 Å². The topological polar surface area (TPSA) is 83.7 Å². The minimum atomic E-state index is 0.522. The Bertz CT molecular complexity index is 3500. The molecule has 0 N–H and O–H groups in total. The molecular formula is C50H26N4O2. The molecule has 4 heterocycles. The molecule has 0 atom stereocenters. The van der Waals surface area contributed by atoms with Crippen LogP contribution in [0.4, 0.5) is 0 Å². The summed E-state index contributed by atoms with van der Waals surface area (Å²) in [6.45, 7) is 0. The number of para-hydroxylation sites is 4. The Morgan fingerprint density at radius 2 is 0.768 bits per heavy atom. The molecule has 12 aromatic rings. The molecule has 0 spiro atoms. The fourth-order valence-corrected chi connectivity index (χ4v) is 9.05. The highest BCUT2D eigenvalue weighted by Crippen LogP contribution is 2.44. The maximum atomic E-state index is 10.4. The number of fused-ring (bicyclic) bond motifs is 14. The summed E-state index contributed by atoms with van der Waals surface area (Å²) in [5.74, 6) is 0. The zero-order chi connectivity index (χ0) is 37.1. The van der Waals surface area contributed by atoms with Crippen molar-refractivity contribution >= 4 is 87.5 Å². The molecule has 258 valence electrons. The van der Waals surface area contributed by atoms with Crippen molar-refractivity contribution in [2.45, 2.75) is 0 Å². The average molecular weight is 715 g/mol. The van der Waals surface area contributed by atoms with Gasteiger partial charge in [-0.05, 0) is 96.1 Å². The first-order valence-electron chi connectivity index (χ1n) is 18.5. The van der Waals surface area contributed by atoms with Crippen LogP contribution >= 0.6 is 0 Å². The second-order valence-electron chi connectivity index (χ2n) is 14.3. The molecule has 0 saturated carbocycles. The lowest BCUT2D eigenvalue weighted by atomic mass is 9.99. The van der Waals surface area contributed by atoms with Gasteiger partial charge in [0.25, 0.3) is 0 Å². The second-order valence-corrected chi connectivity index (χ2v) is 14.3. The number of nitrogens with zero attached hydrogens (tertiary/aromatic N) is 4. The molecule has 56 heavy (non-hydrogen) atoms. The van der Waals surface area contributed by atoms with Crippen molar-refractivity contribution in [3.05, 3.63) is 169 Å². The van der Waals surface area contributed by atoms with E-state index in [9.17, 15) is 10.5 Å². The molecule has 0 saturated heterocycles. The highest BCUT2D eigenvalue weighted by molar-refractivity contribution is 6.28. The molecule has 6 nitrogen and oxygen atoms in total. The lowest BCUT2D eigenvalue weighted by molar-refractivity contribution is 0.669. The van der Waals surface area contributed by atoms with Crippen LogP contribution in [0.3, 0.4) is 0 Å². The number of benzene rings is 8. The standard InChI is InChI=1S/C50H26N4O2/c51-27-29-21-31(25-33(23-29)53-39-13-5-1-9-35(39)47-41(53)17-19-45-49(47)37-11-3-7-15-43(37)55-45)32-22-30(28-52)24-34(26-32)54-40-14-6-2-10-36(40)48-42(54)18-20-46-50(48)38-12-4-8-16-44(38)56-46/h1-26H. The minimum absolute atomic E-state index is 0.522. The number of hydrogen-bond donors (Lipinski definition) is 0. The lowest BCUT2D eigenvalue weighted by Crippen LogP contribution is -1.98. The number of rotatable bonds is 3. The van der Waals surface area contributed by atoms with Crippen molar-refractivity contribution in [1.29, 1.82) is 10.5 Å². The van der Waals surface area contributed by atoms with Gasteiger partial charge in [0.1, 0.15) is 22.3 Å². The van der Waals surface area contributed by atoms with Crippen LogP contribution in [-0.2, 0) is 0 Å². The van der Waals surface area contributed by atoms with Gasteiger partial charge in [-0.25, -0.2) is 0 Å². The van der Waals surface area contributed by atoms with Crippen molar-refractivity contribution in [3.63, 3.8) is 0 Å². The Morgan fingerprint density at radius 1 is 0.357 bits per heavy atom. The van der Waals surface area contributed by atoms with Crippen molar-refractivity contribution in [2.24, 2.45) is 0 Å². The summed E-state index contributed by atoms with van der Waals surface area (Å²) in [5, 5.41) is 29.6. The van der Waals surface area contributed by atoms with Gasteiger partial charge in [-0.1, -0.05) is 72.8 Å². The summed E-state index contributed by atoms with van der Waals surface area (Å²) in [4.78, 5) is 0. The molecule has 0 amide bonds. The highest BCUT2D eigenvalue weighted by Gasteiger charge is 2.21. The van der Waals surface area contributed by atoms with Crippen molar-refractivity contribution in [3.8, 4) is 34.6 Å². The van der Waals surface area contributed by atoms with E-state index >= 15 is 0 Å². The fourth-order valence-electron chi connectivity index (χ4n) is 9.05. The summed E-state index contributed by atoms with van der Waals surface area (Å²) < 4.78 is 17.1. The zero-order valence-electron chi connectivity index (χ0n) is 29.6.